The molecule has 0 bridgehead atoms. The third-order valence-electron chi connectivity index (χ3n) is 20.1. The Kier molecular flexibility index (Phi) is 35.8. The SMILES string of the molecule is CC(C)(C)OC(=O)N1CCn2c(c(C(=O)O)n(-c3ccccc3)c2=O)C1.CC(C)N.CC(C)NC(=O)c1c2n(c(=O)n1-c1ccccc1)CCN(C(=O)Cc1ccc(F)c(Cl)c1)C2.CC(C)NC(=O)c1c2n(c(=O)n1-c1ccccc1)CCN(C(=O)OC(C)(C)C)C2.CC(C)NC(=O)c1c2n(c(=O)n1-c1ccccc1)CCNC2.Cl.O=C(Cc1ccc(F)c(Cl)c1)Oc1ccccc1. The zero-order valence-electron chi connectivity index (χ0n) is 76.6. The lowest BCUT2D eigenvalue weighted by molar-refractivity contribution is -0.134. The summed E-state index contributed by atoms with van der Waals surface area (Å²) in [6.07, 6.45) is -0.898. The van der Waals surface area contributed by atoms with Gasteiger partial charge in [-0.05, 0) is 185 Å². The third-order valence-corrected chi connectivity index (χ3v) is 20.6. The van der Waals surface area contributed by atoms with Crippen molar-refractivity contribution < 1.29 is 66.5 Å². The van der Waals surface area contributed by atoms with E-state index in [1.807, 2.05) is 116 Å². The van der Waals surface area contributed by atoms with Crippen LogP contribution < -0.4 is 54.5 Å². The third kappa shape index (κ3) is 26.9. The summed E-state index contributed by atoms with van der Waals surface area (Å²) in [5.41, 5.74) is 9.04. The standard InChI is InChI=1S/C24H24ClFN4O3.C21H28N4O4.C18H21N3O5.C16H20N4O2.C14H10ClFO2.C3H9N.ClH/c1-15(2)27-23(32)22-20-14-28(21(31)13-16-8-9-19(26)18(25)12-16)10-11-29(20)24(33)30(22)17-6-4-3-5-7-17;1-14(2)22-18(26)17-16-13-23(20(28)29-21(3,4)5)11-12-24(16)19(27)25(17)15-9-7-6-8-10-15;1-18(2,3)26-17(25)19-9-10-20-13(11-19)14(15(22)23)21(16(20)24)12-7-5-4-6-8-12;1-11(2)18-15(21)14-13-10-17-8-9-19(13)16(22)20(14)12-6-4-3-5-7-12;15-12-8-10(6-7-13(12)16)9-14(17)18-11-4-2-1-3-5-11;1-3(2)4;/h3-9,12,15H,10-11,13-14H2,1-2H3,(H,27,32);6-10,14H,11-13H2,1-5H3,(H,22,26);4-8H,9-11H2,1-3H3,(H,22,23);3-7,11,17H,8-10H2,1-2H3,(H,18,21);1-8H,9H2;3H,4H2,1-2H3;1H. The summed E-state index contributed by atoms with van der Waals surface area (Å²) >= 11 is 11.5. The van der Waals surface area contributed by atoms with Gasteiger partial charge in [-0.15, -0.1) is 12.4 Å². The van der Waals surface area contributed by atoms with Crippen LogP contribution in [0.3, 0.4) is 0 Å². The van der Waals surface area contributed by atoms with Gasteiger partial charge >= 0.3 is 46.9 Å². The Hall–Kier alpha value is -13.4. The van der Waals surface area contributed by atoms with Crippen LogP contribution in [0.5, 0.6) is 5.75 Å². The van der Waals surface area contributed by atoms with E-state index in [2.05, 4.69) is 21.3 Å². The number of imidazole rings is 4. The molecule has 7 N–H and O–H groups in total. The maximum absolute atomic E-state index is 13.4. The predicted molar refractivity (Wildman–Crippen MR) is 504 cm³/mol. The molecule has 0 unspecified atom stereocenters. The van der Waals surface area contributed by atoms with E-state index in [9.17, 15) is 71.4 Å². The molecule has 0 saturated carbocycles. The van der Waals surface area contributed by atoms with E-state index in [1.165, 1.54) is 69.0 Å². The van der Waals surface area contributed by atoms with Crippen LogP contribution in [0.25, 0.3) is 22.7 Å². The fraction of sp³-hybridized carbons (Fsp3) is 0.354. The first-order valence-electron chi connectivity index (χ1n) is 43.1. The van der Waals surface area contributed by atoms with E-state index in [1.54, 1.807) is 151 Å². The van der Waals surface area contributed by atoms with Crippen molar-refractivity contribution in [2.75, 3.05) is 26.2 Å². The quantitative estimate of drug-likeness (QED) is 0.0386. The average molecular weight is 1890 g/mol. The highest BCUT2D eigenvalue weighted by molar-refractivity contribution is 6.31. The van der Waals surface area contributed by atoms with Crippen molar-refractivity contribution in [1.29, 1.82) is 0 Å². The van der Waals surface area contributed by atoms with Gasteiger partial charge in [0.15, 0.2) is 5.69 Å². The summed E-state index contributed by atoms with van der Waals surface area (Å²) in [4.78, 5) is 157. The van der Waals surface area contributed by atoms with Gasteiger partial charge in [-0.2, -0.15) is 0 Å². The second-order valence-electron chi connectivity index (χ2n) is 34.5. The number of rotatable bonds is 16. The number of nitrogens with zero attached hydrogens (tertiary/aromatic N) is 11. The van der Waals surface area contributed by atoms with Gasteiger partial charge in [0, 0.05) is 77.0 Å². The normalized spacial score (nSPS) is 13.0. The molecule has 6 amide bonds. The average Bonchev–Trinajstić information content (AvgIpc) is 1.64. The molecule has 4 aliphatic heterocycles. The molecule has 4 aliphatic rings. The van der Waals surface area contributed by atoms with Gasteiger partial charge in [0.25, 0.3) is 17.7 Å². The van der Waals surface area contributed by atoms with Gasteiger partial charge in [-0.3, -0.25) is 60.5 Å². The molecule has 0 spiro atoms. The summed E-state index contributed by atoms with van der Waals surface area (Å²) in [7, 11) is 0. The number of amides is 6. The van der Waals surface area contributed by atoms with Crippen LogP contribution >= 0.6 is 35.6 Å². The van der Waals surface area contributed by atoms with Gasteiger partial charge in [-0.25, -0.2) is 42.3 Å². The number of carbonyl (C=O) groups is 8. The Bertz CT molecular complexity index is 6210. The maximum Gasteiger partial charge on any atom is 0.410 e. The van der Waals surface area contributed by atoms with Gasteiger partial charge in [-0.1, -0.05) is 140 Å². The van der Waals surface area contributed by atoms with Crippen molar-refractivity contribution in [2.24, 2.45) is 5.73 Å². The number of carboxylic acids is 1. The monoisotopic (exact) mass is 1890 g/mol. The van der Waals surface area contributed by atoms with Crippen molar-refractivity contribution in [3.8, 4) is 28.5 Å². The van der Waals surface area contributed by atoms with Crippen LogP contribution in [-0.4, -0.2) is 166 Å². The van der Waals surface area contributed by atoms with Crippen molar-refractivity contribution in [3.05, 3.63) is 308 Å². The molecular weight excluding hydrogens is 1780 g/mol. The smallest absolute Gasteiger partial charge is 0.410 e. The Morgan fingerprint density at radius 2 is 0.729 bits per heavy atom. The maximum atomic E-state index is 13.4. The van der Waals surface area contributed by atoms with Crippen molar-refractivity contribution in [1.82, 2.24) is 72.5 Å². The van der Waals surface area contributed by atoms with Gasteiger partial charge in [0.1, 0.15) is 45.7 Å². The number of fused-ring (bicyclic) bond motifs is 4. The number of benzene rings is 7. The Balaban J connectivity index is 0.000000187. The summed E-state index contributed by atoms with van der Waals surface area (Å²) in [5, 5.41) is 21.5. The Morgan fingerprint density at radius 1 is 0.429 bits per heavy atom. The number of nitrogens with two attached hydrogens (primary N) is 1. The minimum absolute atomic E-state index is 0. The first kappa shape index (κ1) is 103. The van der Waals surface area contributed by atoms with Crippen molar-refractivity contribution >= 4 is 83.4 Å². The van der Waals surface area contributed by atoms with Gasteiger partial charge in [0.05, 0.1) is 88.0 Å². The lowest BCUT2D eigenvalue weighted by atomic mass is 10.1. The molecular formula is C96H113Cl3F2N16O16. The van der Waals surface area contributed by atoms with Gasteiger partial charge < -0.3 is 61.0 Å². The number of hydrogen-bond acceptors (Lipinski definition) is 17. The molecule has 0 aliphatic carbocycles. The second-order valence-corrected chi connectivity index (χ2v) is 35.3. The molecule has 0 saturated heterocycles. The number of nitrogens with one attached hydrogen (secondary N) is 4. The molecule has 15 rings (SSSR count). The summed E-state index contributed by atoms with van der Waals surface area (Å²) in [6.45, 7) is 29.6. The van der Waals surface area contributed by atoms with E-state index in [0.29, 0.717) is 101 Å². The van der Waals surface area contributed by atoms with E-state index >= 15 is 0 Å². The summed E-state index contributed by atoms with van der Waals surface area (Å²) in [5.74, 6) is -3.33. The molecule has 7 aromatic carbocycles. The zero-order chi connectivity index (χ0) is 96.3. The number of aromatic nitrogens is 8. The molecule has 0 fully saturated rings. The number of aromatic carboxylic acids is 1. The minimum atomic E-state index is -1.22. The van der Waals surface area contributed by atoms with E-state index in [-0.39, 0.29) is 150 Å². The lowest BCUT2D eigenvalue weighted by Crippen LogP contribution is -2.43. The topological polar surface area (TPSA) is 376 Å². The zero-order valence-corrected chi connectivity index (χ0v) is 78.9. The molecule has 0 radical (unpaired) electrons. The number of hydrogen-bond donors (Lipinski definition) is 6. The van der Waals surface area contributed by atoms with Crippen LogP contribution in [0.2, 0.25) is 10.0 Å². The van der Waals surface area contributed by atoms with Crippen LogP contribution in [0.1, 0.15) is 173 Å². The van der Waals surface area contributed by atoms with E-state index in [0.717, 1.165) is 12.2 Å². The molecule has 37 heteroatoms. The number of esters is 1. The van der Waals surface area contributed by atoms with Gasteiger partial charge in [0.2, 0.25) is 5.91 Å². The summed E-state index contributed by atoms with van der Waals surface area (Å²) in [6, 6.07) is 53.1. The molecule has 708 valence electrons. The molecule has 11 aromatic rings. The van der Waals surface area contributed by atoms with Crippen LogP contribution in [0.15, 0.2) is 207 Å². The van der Waals surface area contributed by atoms with Crippen LogP contribution in [-0.2, 0) is 84.3 Å². The van der Waals surface area contributed by atoms with E-state index < -0.39 is 52.7 Å². The first-order valence-corrected chi connectivity index (χ1v) is 43.8. The molecule has 8 heterocycles. The summed E-state index contributed by atoms with van der Waals surface area (Å²) < 4.78 is 54.1. The van der Waals surface area contributed by atoms with Crippen molar-refractivity contribution in [2.45, 2.75) is 198 Å². The lowest BCUT2D eigenvalue weighted by Gasteiger charge is -2.30. The Labute approximate surface area is 784 Å². The minimum Gasteiger partial charge on any atom is -0.477 e. The number of carbonyl (C=O) groups excluding carboxylic acids is 7. The highest BCUT2D eigenvalue weighted by atomic mass is 35.5. The largest absolute Gasteiger partial charge is 0.477 e. The number of ether oxygens (including phenoxy) is 3. The second kappa shape index (κ2) is 46.1. The fourth-order valence-corrected chi connectivity index (χ4v) is 14.9. The number of carboxylic acid groups (broad SMARTS) is 1. The predicted octanol–water partition coefficient (Wildman–Crippen LogP) is 13.1. The first-order chi connectivity index (χ1) is 62.5. The number of halogens is 5. The Morgan fingerprint density at radius 3 is 1.06 bits per heavy atom. The molecule has 32 nitrogen and oxygen atoms in total. The highest BCUT2D eigenvalue weighted by Crippen LogP contribution is 2.28. The molecule has 133 heavy (non-hydrogen) atoms. The molecule has 0 atom stereocenters. The van der Waals surface area contributed by atoms with Crippen LogP contribution in [0, 0.1) is 11.6 Å². The van der Waals surface area contributed by atoms with Crippen LogP contribution in [0.4, 0.5) is 18.4 Å². The number of para-hydroxylation sites is 5. The molecule has 4 aromatic heterocycles. The van der Waals surface area contributed by atoms with E-state index in [4.69, 9.17) is 43.1 Å². The highest BCUT2D eigenvalue weighted by Gasteiger charge is 2.38. The van der Waals surface area contributed by atoms with Crippen molar-refractivity contribution in [3.63, 3.8) is 0 Å². The fourth-order valence-electron chi connectivity index (χ4n) is 14.5.